The average Bonchev–Trinajstić information content (AvgIpc) is 3.08. The lowest BCUT2D eigenvalue weighted by atomic mass is 10.1. The summed E-state index contributed by atoms with van der Waals surface area (Å²) in [6.07, 6.45) is 1.53. The lowest BCUT2D eigenvalue weighted by Crippen LogP contribution is -2.31. The van der Waals surface area contributed by atoms with Crippen LogP contribution < -0.4 is 10.1 Å². The number of hydrogen-bond acceptors (Lipinski definition) is 5. The Kier molecular flexibility index (Phi) is 6.01. The molecule has 1 heterocycles. The second-order valence-electron chi connectivity index (χ2n) is 5.50. The van der Waals surface area contributed by atoms with Crippen LogP contribution in [0.1, 0.15) is 29.9 Å². The maximum Gasteiger partial charge on any atom is 0.344 e. The number of furan rings is 1. The summed E-state index contributed by atoms with van der Waals surface area (Å²) in [5.41, 5.74) is 2.22. The maximum atomic E-state index is 11.7. The topological polar surface area (TPSA) is 77.8 Å². The Morgan fingerprint density at radius 1 is 1.17 bits per heavy atom. The van der Waals surface area contributed by atoms with Crippen LogP contribution in [0.25, 0.3) is 0 Å². The molecule has 128 valence electrons. The fourth-order valence-electron chi connectivity index (χ4n) is 2.03. The highest BCUT2D eigenvalue weighted by Gasteiger charge is 2.14. The predicted molar refractivity (Wildman–Crippen MR) is 87.6 cm³/mol. The smallest absolute Gasteiger partial charge is 0.344 e. The molecular formula is C18H21NO5. The van der Waals surface area contributed by atoms with Gasteiger partial charge >= 0.3 is 5.97 Å². The van der Waals surface area contributed by atoms with Gasteiger partial charge in [-0.15, -0.1) is 0 Å². The SMILES string of the molecule is Cc1ccc(OCC(=O)OCC(=O)N[C@H](C)c2ccco2)cc1C. The Morgan fingerprint density at radius 2 is 1.96 bits per heavy atom. The summed E-state index contributed by atoms with van der Waals surface area (Å²) in [5, 5.41) is 2.67. The van der Waals surface area contributed by atoms with E-state index >= 15 is 0 Å². The number of benzene rings is 1. The fraction of sp³-hybridized carbons (Fsp3) is 0.333. The normalized spacial score (nSPS) is 11.6. The van der Waals surface area contributed by atoms with Crippen LogP contribution in [0, 0.1) is 13.8 Å². The molecule has 1 aromatic carbocycles. The molecule has 0 spiro atoms. The van der Waals surface area contributed by atoms with E-state index in [-0.39, 0.29) is 19.3 Å². The minimum atomic E-state index is -0.603. The number of rotatable bonds is 7. The first-order valence-corrected chi connectivity index (χ1v) is 7.64. The number of hydrogen-bond donors (Lipinski definition) is 1. The molecule has 1 aromatic heterocycles. The third kappa shape index (κ3) is 5.15. The number of nitrogens with one attached hydrogen (secondary N) is 1. The number of carbonyl (C=O) groups excluding carboxylic acids is 2. The van der Waals surface area contributed by atoms with Gasteiger partial charge in [0, 0.05) is 0 Å². The van der Waals surface area contributed by atoms with E-state index in [2.05, 4.69) is 5.32 Å². The Morgan fingerprint density at radius 3 is 2.62 bits per heavy atom. The van der Waals surface area contributed by atoms with Gasteiger partial charge in [0.2, 0.25) is 0 Å². The molecule has 1 amide bonds. The van der Waals surface area contributed by atoms with E-state index in [1.807, 2.05) is 26.0 Å². The molecule has 1 atom stereocenters. The van der Waals surface area contributed by atoms with Crippen LogP contribution in [0.2, 0.25) is 0 Å². The number of carbonyl (C=O) groups is 2. The summed E-state index contributed by atoms with van der Waals surface area (Å²) in [6.45, 7) is 5.13. The highest BCUT2D eigenvalue weighted by molar-refractivity contribution is 5.81. The van der Waals surface area contributed by atoms with E-state index in [9.17, 15) is 9.59 Å². The van der Waals surface area contributed by atoms with Gasteiger partial charge in [0.25, 0.3) is 5.91 Å². The van der Waals surface area contributed by atoms with Crippen LogP contribution in [-0.2, 0) is 14.3 Å². The largest absolute Gasteiger partial charge is 0.482 e. The highest BCUT2D eigenvalue weighted by Crippen LogP contribution is 2.16. The van der Waals surface area contributed by atoms with Gasteiger partial charge in [-0.2, -0.15) is 0 Å². The second kappa shape index (κ2) is 8.19. The van der Waals surface area contributed by atoms with Crippen molar-refractivity contribution >= 4 is 11.9 Å². The molecule has 0 saturated heterocycles. The Balaban J connectivity index is 1.70. The van der Waals surface area contributed by atoms with E-state index in [4.69, 9.17) is 13.9 Å². The van der Waals surface area contributed by atoms with Gasteiger partial charge < -0.3 is 19.2 Å². The van der Waals surface area contributed by atoms with E-state index in [1.165, 1.54) is 6.26 Å². The predicted octanol–water partition coefficient (Wildman–Crippen LogP) is 2.70. The summed E-state index contributed by atoms with van der Waals surface area (Å²) in [6, 6.07) is 8.75. The maximum absolute atomic E-state index is 11.7. The zero-order valence-electron chi connectivity index (χ0n) is 14.0. The first kappa shape index (κ1) is 17.6. The van der Waals surface area contributed by atoms with Crippen molar-refractivity contribution in [3.8, 4) is 5.75 Å². The van der Waals surface area contributed by atoms with Gasteiger partial charge in [0.05, 0.1) is 12.3 Å². The van der Waals surface area contributed by atoms with Crippen molar-refractivity contribution in [3.05, 3.63) is 53.5 Å². The first-order valence-electron chi connectivity index (χ1n) is 7.64. The first-order chi connectivity index (χ1) is 11.5. The summed E-state index contributed by atoms with van der Waals surface area (Å²) in [7, 11) is 0. The van der Waals surface area contributed by atoms with Crippen LogP contribution in [0.5, 0.6) is 5.75 Å². The molecule has 0 saturated carbocycles. The Hall–Kier alpha value is -2.76. The minimum Gasteiger partial charge on any atom is -0.482 e. The molecule has 1 N–H and O–H groups in total. The quantitative estimate of drug-likeness (QED) is 0.789. The summed E-state index contributed by atoms with van der Waals surface area (Å²) in [5.74, 6) is 0.214. The summed E-state index contributed by atoms with van der Waals surface area (Å²) >= 11 is 0. The number of esters is 1. The van der Waals surface area contributed by atoms with Gasteiger partial charge in [-0.25, -0.2) is 4.79 Å². The van der Waals surface area contributed by atoms with Crippen molar-refractivity contribution in [1.82, 2.24) is 5.32 Å². The molecule has 0 aliphatic heterocycles. The monoisotopic (exact) mass is 331 g/mol. The lowest BCUT2D eigenvalue weighted by Gasteiger charge is -2.12. The van der Waals surface area contributed by atoms with E-state index in [0.717, 1.165) is 11.1 Å². The molecule has 0 bridgehead atoms. The Labute approximate surface area is 140 Å². The van der Waals surface area contributed by atoms with Gasteiger partial charge in [0.1, 0.15) is 11.5 Å². The lowest BCUT2D eigenvalue weighted by molar-refractivity contribution is -0.150. The summed E-state index contributed by atoms with van der Waals surface area (Å²) in [4.78, 5) is 23.4. The molecule has 24 heavy (non-hydrogen) atoms. The molecule has 6 heteroatoms. The number of amides is 1. The Bertz CT molecular complexity index is 693. The average molecular weight is 331 g/mol. The molecule has 0 aliphatic rings. The number of aryl methyl sites for hydroxylation is 2. The summed E-state index contributed by atoms with van der Waals surface area (Å²) < 4.78 is 15.4. The van der Waals surface area contributed by atoms with Crippen molar-refractivity contribution in [2.24, 2.45) is 0 Å². The van der Waals surface area contributed by atoms with Gasteiger partial charge in [-0.3, -0.25) is 4.79 Å². The molecule has 6 nitrogen and oxygen atoms in total. The molecule has 0 radical (unpaired) electrons. The highest BCUT2D eigenvalue weighted by atomic mass is 16.6. The zero-order chi connectivity index (χ0) is 17.5. The van der Waals surface area contributed by atoms with Crippen LogP contribution in [0.3, 0.4) is 0 Å². The van der Waals surface area contributed by atoms with Gasteiger partial charge in [-0.05, 0) is 56.2 Å². The van der Waals surface area contributed by atoms with Crippen LogP contribution >= 0.6 is 0 Å². The van der Waals surface area contributed by atoms with Crippen molar-refractivity contribution in [3.63, 3.8) is 0 Å². The minimum absolute atomic E-state index is 0.247. The molecule has 0 unspecified atom stereocenters. The molecule has 0 aliphatic carbocycles. The van der Waals surface area contributed by atoms with Crippen molar-refractivity contribution in [1.29, 1.82) is 0 Å². The van der Waals surface area contributed by atoms with Crippen LogP contribution in [0.15, 0.2) is 41.0 Å². The zero-order valence-corrected chi connectivity index (χ0v) is 14.0. The number of ether oxygens (including phenoxy) is 2. The van der Waals surface area contributed by atoms with E-state index in [0.29, 0.717) is 11.5 Å². The van der Waals surface area contributed by atoms with Gasteiger partial charge in [-0.1, -0.05) is 6.07 Å². The van der Waals surface area contributed by atoms with E-state index in [1.54, 1.807) is 25.1 Å². The van der Waals surface area contributed by atoms with E-state index < -0.39 is 11.9 Å². The molecule has 0 fully saturated rings. The van der Waals surface area contributed by atoms with Gasteiger partial charge in [0.15, 0.2) is 13.2 Å². The van der Waals surface area contributed by atoms with Crippen LogP contribution in [0.4, 0.5) is 0 Å². The van der Waals surface area contributed by atoms with Crippen LogP contribution in [-0.4, -0.2) is 25.1 Å². The second-order valence-corrected chi connectivity index (χ2v) is 5.50. The third-order valence-electron chi connectivity index (χ3n) is 3.55. The fourth-order valence-corrected chi connectivity index (χ4v) is 2.03. The van der Waals surface area contributed by atoms with Crippen molar-refractivity contribution in [2.75, 3.05) is 13.2 Å². The molecule has 2 rings (SSSR count). The van der Waals surface area contributed by atoms with Crippen molar-refractivity contribution < 1.29 is 23.5 Å². The molecular weight excluding hydrogens is 310 g/mol. The van der Waals surface area contributed by atoms with Crippen molar-refractivity contribution in [2.45, 2.75) is 26.8 Å². The molecule has 2 aromatic rings. The third-order valence-corrected chi connectivity index (χ3v) is 3.55. The standard InChI is InChI=1S/C18H21NO5/c1-12-6-7-15(9-13(12)2)23-11-18(21)24-10-17(20)19-14(3)16-5-4-8-22-16/h4-9,14H,10-11H2,1-3H3,(H,19,20)/t14-/m1/s1.